The predicted octanol–water partition coefficient (Wildman–Crippen LogP) is 4.04. The molecule has 2 heterocycles. The Balaban J connectivity index is 1.72. The lowest BCUT2D eigenvalue weighted by Gasteiger charge is -2.08. The fourth-order valence-electron chi connectivity index (χ4n) is 2.53. The highest BCUT2D eigenvalue weighted by atomic mass is 35.5. The monoisotopic (exact) mass is 345 g/mol. The first-order valence-electron chi connectivity index (χ1n) is 7.00. The molecule has 0 fully saturated rings. The van der Waals surface area contributed by atoms with E-state index in [9.17, 15) is 0 Å². The van der Waals surface area contributed by atoms with Crippen molar-refractivity contribution >= 4 is 23.8 Å². The Hall–Kier alpha value is -2.31. The van der Waals surface area contributed by atoms with Gasteiger partial charge in [-0.2, -0.15) is 5.10 Å². The van der Waals surface area contributed by atoms with Gasteiger partial charge in [0.2, 0.25) is 6.79 Å². The summed E-state index contributed by atoms with van der Waals surface area (Å²) in [4.78, 5) is 0. The molecule has 1 aliphatic rings. The van der Waals surface area contributed by atoms with E-state index in [1.807, 2.05) is 47.0 Å². The van der Waals surface area contributed by atoms with Crippen LogP contribution in [0.1, 0.15) is 5.56 Å². The van der Waals surface area contributed by atoms with Crippen LogP contribution in [0.2, 0.25) is 5.02 Å². The van der Waals surface area contributed by atoms with Crippen molar-refractivity contribution in [2.24, 2.45) is 0 Å². The van der Waals surface area contributed by atoms with E-state index >= 15 is 0 Å². The molecule has 0 spiro atoms. The average molecular weight is 346 g/mol. The Morgan fingerprint density at radius 3 is 2.91 bits per heavy atom. The zero-order valence-corrected chi connectivity index (χ0v) is 13.5. The molecule has 0 aliphatic carbocycles. The zero-order valence-electron chi connectivity index (χ0n) is 12.0. The number of rotatable bonds is 3. The van der Waals surface area contributed by atoms with E-state index in [4.69, 9.17) is 33.3 Å². The minimum Gasteiger partial charge on any atom is -0.454 e. The number of aromatic nitrogens is 3. The van der Waals surface area contributed by atoms with E-state index < -0.39 is 0 Å². The van der Waals surface area contributed by atoms with E-state index in [2.05, 4.69) is 10.2 Å². The number of halogens is 1. The molecule has 4 rings (SSSR count). The van der Waals surface area contributed by atoms with Crippen molar-refractivity contribution < 1.29 is 9.47 Å². The molecule has 0 atom stereocenters. The van der Waals surface area contributed by atoms with Crippen molar-refractivity contribution in [2.45, 2.75) is 6.54 Å². The van der Waals surface area contributed by atoms with Crippen molar-refractivity contribution in [3.8, 4) is 22.9 Å². The second-order valence-electron chi connectivity index (χ2n) is 5.14. The summed E-state index contributed by atoms with van der Waals surface area (Å²) in [6.45, 7) is 0.839. The van der Waals surface area contributed by atoms with Gasteiger partial charge in [0.25, 0.3) is 0 Å². The molecule has 5 nitrogen and oxygen atoms in total. The van der Waals surface area contributed by atoms with Crippen LogP contribution < -0.4 is 9.47 Å². The van der Waals surface area contributed by atoms with E-state index in [1.54, 1.807) is 0 Å². The Bertz CT molecular complexity index is 935. The third-order valence-electron chi connectivity index (χ3n) is 3.62. The second kappa shape index (κ2) is 5.72. The molecule has 1 aromatic heterocycles. The van der Waals surface area contributed by atoms with Crippen LogP contribution in [-0.2, 0) is 6.54 Å². The number of hydrogen-bond donors (Lipinski definition) is 1. The van der Waals surface area contributed by atoms with Gasteiger partial charge < -0.3 is 9.47 Å². The molecule has 23 heavy (non-hydrogen) atoms. The molecule has 1 aliphatic heterocycles. The van der Waals surface area contributed by atoms with Gasteiger partial charge in [-0.1, -0.05) is 29.8 Å². The maximum atomic E-state index is 6.07. The maximum Gasteiger partial charge on any atom is 0.231 e. The lowest BCUT2D eigenvalue weighted by molar-refractivity contribution is 0.174. The summed E-state index contributed by atoms with van der Waals surface area (Å²) in [5.74, 6) is 2.26. The summed E-state index contributed by atoms with van der Waals surface area (Å²) in [6.07, 6.45) is 0. The molecular formula is C16H12ClN3O2S. The second-order valence-corrected chi connectivity index (χ2v) is 5.96. The molecule has 116 valence electrons. The summed E-state index contributed by atoms with van der Waals surface area (Å²) in [5.41, 5.74) is 1.96. The summed E-state index contributed by atoms with van der Waals surface area (Å²) >= 11 is 11.4. The molecule has 0 unspecified atom stereocenters. The van der Waals surface area contributed by atoms with Crippen LogP contribution in [0.15, 0.2) is 42.5 Å². The lowest BCUT2D eigenvalue weighted by atomic mass is 10.2. The van der Waals surface area contributed by atoms with Crippen molar-refractivity contribution in [2.75, 3.05) is 6.79 Å². The molecular weight excluding hydrogens is 334 g/mol. The van der Waals surface area contributed by atoms with Gasteiger partial charge >= 0.3 is 0 Å². The normalized spacial score (nSPS) is 12.6. The standard InChI is InChI=1S/C16H12ClN3O2S/c17-12-3-1-2-11(7-12)15-18-19-16(23)20(15)8-10-4-5-13-14(6-10)22-9-21-13/h1-7H,8-9H2,(H,19,23). The summed E-state index contributed by atoms with van der Waals surface area (Å²) in [7, 11) is 0. The number of hydrogen-bond acceptors (Lipinski definition) is 4. The predicted molar refractivity (Wildman–Crippen MR) is 89.5 cm³/mol. The molecule has 0 radical (unpaired) electrons. The van der Waals surface area contributed by atoms with E-state index in [0.29, 0.717) is 16.3 Å². The zero-order chi connectivity index (χ0) is 15.8. The number of fused-ring (bicyclic) bond motifs is 1. The van der Waals surface area contributed by atoms with Gasteiger partial charge in [-0.3, -0.25) is 9.67 Å². The highest BCUT2D eigenvalue weighted by Crippen LogP contribution is 2.33. The first-order valence-corrected chi connectivity index (χ1v) is 7.79. The van der Waals surface area contributed by atoms with Gasteiger partial charge in [0, 0.05) is 10.6 Å². The van der Waals surface area contributed by atoms with Crippen LogP contribution in [0.5, 0.6) is 11.5 Å². The van der Waals surface area contributed by atoms with Crippen LogP contribution in [0, 0.1) is 4.77 Å². The van der Waals surface area contributed by atoms with E-state index in [1.165, 1.54) is 0 Å². The van der Waals surface area contributed by atoms with E-state index in [0.717, 1.165) is 28.5 Å². The van der Waals surface area contributed by atoms with Crippen LogP contribution in [-0.4, -0.2) is 21.6 Å². The third-order valence-corrected chi connectivity index (χ3v) is 4.17. The lowest BCUT2D eigenvalue weighted by Crippen LogP contribution is -2.02. The number of benzene rings is 2. The largest absolute Gasteiger partial charge is 0.454 e. The minimum absolute atomic E-state index is 0.262. The maximum absolute atomic E-state index is 6.07. The Labute approximate surface area is 142 Å². The van der Waals surface area contributed by atoms with Crippen molar-refractivity contribution in [3.63, 3.8) is 0 Å². The number of aromatic amines is 1. The van der Waals surface area contributed by atoms with Crippen molar-refractivity contribution in [3.05, 3.63) is 57.8 Å². The topological polar surface area (TPSA) is 52.1 Å². The number of nitrogens with one attached hydrogen (secondary N) is 1. The quantitative estimate of drug-likeness (QED) is 0.728. The van der Waals surface area contributed by atoms with Gasteiger partial charge in [0.05, 0.1) is 6.54 Å². The molecule has 7 heteroatoms. The Morgan fingerprint density at radius 1 is 1.17 bits per heavy atom. The fraction of sp³-hybridized carbons (Fsp3) is 0.125. The fourth-order valence-corrected chi connectivity index (χ4v) is 2.92. The molecule has 0 saturated carbocycles. The molecule has 0 bridgehead atoms. The first-order chi connectivity index (χ1) is 11.2. The van der Waals surface area contributed by atoms with Crippen LogP contribution in [0.25, 0.3) is 11.4 Å². The molecule has 2 aromatic carbocycles. The first kappa shape index (κ1) is 14.3. The Kier molecular flexibility index (Phi) is 3.55. The Morgan fingerprint density at radius 2 is 2.04 bits per heavy atom. The van der Waals surface area contributed by atoms with Gasteiger partial charge in [-0.05, 0) is 42.0 Å². The van der Waals surface area contributed by atoms with Gasteiger partial charge in [0.1, 0.15) is 0 Å². The van der Waals surface area contributed by atoms with Crippen LogP contribution in [0.4, 0.5) is 0 Å². The van der Waals surface area contributed by atoms with Crippen molar-refractivity contribution in [1.29, 1.82) is 0 Å². The average Bonchev–Trinajstić information content (AvgIpc) is 3.14. The van der Waals surface area contributed by atoms with E-state index in [-0.39, 0.29) is 6.79 Å². The summed E-state index contributed by atoms with van der Waals surface area (Å²) in [6, 6.07) is 13.4. The molecule has 0 saturated heterocycles. The number of nitrogens with zero attached hydrogens (tertiary/aromatic N) is 2. The van der Waals surface area contributed by atoms with Gasteiger partial charge in [0.15, 0.2) is 22.1 Å². The van der Waals surface area contributed by atoms with Crippen LogP contribution >= 0.6 is 23.8 Å². The highest BCUT2D eigenvalue weighted by molar-refractivity contribution is 7.71. The number of H-pyrrole nitrogens is 1. The number of ether oxygens (including phenoxy) is 2. The van der Waals surface area contributed by atoms with Crippen molar-refractivity contribution in [1.82, 2.24) is 14.8 Å². The van der Waals surface area contributed by atoms with Crippen LogP contribution in [0.3, 0.4) is 0 Å². The molecule has 1 N–H and O–H groups in total. The third kappa shape index (κ3) is 2.71. The minimum atomic E-state index is 0.262. The smallest absolute Gasteiger partial charge is 0.231 e. The highest BCUT2D eigenvalue weighted by Gasteiger charge is 2.15. The molecule has 0 amide bonds. The molecule has 3 aromatic rings. The van der Waals surface area contributed by atoms with Gasteiger partial charge in [-0.25, -0.2) is 0 Å². The summed E-state index contributed by atoms with van der Waals surface area (Å²) in [5, 5.41) is 7.83. The van der Waals surface area contributed by atoms with Gasteiger partial charge in [-0.15, -0.1) is 0 Å². The SMILES string of the molecule is S=c1[nH]nc(-c2cccc(Cl)c2)n1Cc1ccc2c(c1)OCO2. The summed E-state index contributed by atoms with van der Waals surface area (Å²) < 4.78 is 13.2.